The number of anilines is 1. The molecule has 0 spiro atoms. The molecule has 38 heavy (non-hydrogen) atoms. The Bertz CT molecular complexity index is 1160. The second-order valence-corrected chi connectivity index (χ2v) is 9.07. The molecule has 1 aliphatic rings. The number of carbonyl (C=O) groups excluding carboxylic acids is 4. The molecular formula is C26H32FN5O6. The Labute approximate surface area is 219 Å². The zero-order valence-corrected chi connectivity index (χ0v) is 21.1. The maximum Gasteiger partial charge on any atom is 0.319 e. The van der Waals surface area contributed by atoms with Gasteiger partial charge in [-0.15, -0.1) is 0 Å². The van der Waals surface area contributed by atoms with E-state index in [1.807, 2.05) is 0 Å². The van der Waals surface area contributed by atoms with Crippen LogP contribution in [0.4, 0.5) is 14.9 Å². The average Bonchev–Trinajstić information content (AvgIpc) is 2.88. The first-order chi connectivity index (χ1) is 18.1. The van der Waals surface area contributed by atoms with Crippen molar-refractivity contribution in [3.63, 3.8) is 0 Å². The van der Waals surface area contributed by atoms with Crippen LogP contribution in [0.5, 0.6) is 5.75 Å². The standard InChI is InChI=1S/C26H32FN5O6/c1-15(33)25(36)32-11-10-19(30-26(37)29-18-5-3-4-17(27)13-18)14-22(32)24(35)31-21(23(28)34)12-16-6-8-20(38-2)9-7-16/h3-9,13,15,19,21-22,33H,10-12,14H2,1-2H3,(H2,28,34)(H,31,35)(H2,29,30,37)/t15-,19-,21-,22-/m0/s1. The number of nitrogens with two attached hydrogens (primary N) is 1. The van der Waals surface area contributed by atoms with Crippen LogP contribution in [-0.4, -0.2) is 71.6 Å². The lowest BCUT2D eigenvalue weighted by Gasteiger charge is -2.39. The zero-order valence-electron chi connectivity index (χ0n) is 21.1. The second-order valence-electron chi connectivity index (χ2n) is 9.07. The highest BCUT2D eigenvalue weighted by Crippen LogP contribution is 2.21. The molecule has 0 aliphatic carbocycles. The van der Waals surface area contributed by atoms with Gasteiger partial charge in [-0.25, -0.2) is 9.18 Å². The van der Waals surface area contributed by atoms with E-state index in [-0.39, 0.29) is 25.1 Å². The number of likely N-dealkylation sites (tertiary alicyclic amines) is 1. The van der Waals surface area contributed by atoms with Crippen LogP contribution in [0.3, 0.4) is 0 Å². The number of primary amides is 1. The number of nitrogens with zero attached hydrogens (tertiary/aromatic N) is 1. The lowest BCUT2D eigenvalue weighted by molar-refractivity contribution is -0.149. The van der Waals surface area contributed by atoms with Crippen molar-refractivity contribution < 1.29 is 33.4 Å². The van der Waals surface area contributed by atoms with E-state index in [0.717, 1.165) is 11.6 Å². The Morgan fingerprint density at radius 3 is 2.50 bits per heavy atom. The summed E-state index contributed by atoms with van der Waals surface area (Å²) in [6.07, 6.45) is -0.907. The van der Waals surface area contributed by atoms with E-state index in [1.54, 1.807) is 24.3 Å². The minimum atomic E-state index is -1.35. The fourth-order valence-corrected chi connectivity index (χ4v) is 4.26. The molecule has 6 N–H and O–H groups in total. The van der Waals surface area contributed by atoms with E-state index in [4.69, 9.17) is 10.5 Å². The molecule has 11 nitrogen and oxygen atoms in total. The highest BCUT2D eigenvalue weighted by atomic mass is 19.1. The van der Waals surface area contributed by atoms with E-state index in [9.17, 15) is 28.7 Å². The van der Waals surface area contributed by atoms with Crippen LogP contribution in [-0.2, 0) is 20.8 Å². The number of urea groups is 1. The number of rotatable bonds is 9. The number of hydrogen-bond donors (Lipinski definition) is 5. The molecular weight excluding hydrogens is 497 g/mol. The Morgan fingerprint density at radius 1 is 1.18 bits per heavy atom. The first kappa shape index (κ1) is 28.4. The average molecular weight is 530 g/mol. The molecule has 0 aromatic heterocycles. The summed E-state index contributed by atoms with van der Waals surface area (Å²) in [5, 5.41) is 17.7. The maximum absolute atomic E-state index is 13.4. The van der Waals surface area contributed by atoms with Crippen molar-refractivity contribution in [2.45, 2.75) is 50.4 Å². The van der Waals surface area contributed by atoms with E-state index in [1.165, 1.54) is 37.1 Å². The van der Waals surface area contributed by atoms with Crippen molar-refractivity contribution in [3.8, 4) is 5.75 Å². The van der Waals surface area contributed by atoms with Gasteiger partial charge in [-0.1, -0.05) is 18.2 Å². The lowest BCUT2D eigenvalue weighted by atomic mass is 9.95. The van der Waals surface area contributed by atoms with Crippen molar-refractivity contribution in [3.05, 3.63) is 59.9 Å². The number of nitrogens with one attached hydrogen (secondary N) is 3. The summed E-state index contributed by atoms with van der Waals surface area (Å²) >= 11 is 0. The maximum atomic E-state index is 13.4. The minimum Gasteiger partial charge on any atom is -0.497 e. The Balaban J connectivity index is 1.71. The quantitative estimate of drug-likeness (QED) is 0.324. The van der Waals surface area contributed by atoms with Gasteiger partial charge in [0.1, 0.15) is 29.8 Å². The molecule has 4 atom stereocenters. The smallest absolute Gasteiger partial charge is 0.319 e. The van der Waals surface area contributed by atoms with Crippen LogP contribution < -0.4 is 26.4 Å². The highest BCUT2D eigenvalue weighted by Gasteiger charge is 2.39. The molecule has 0 radical (unpaired) electrons. The number of hydrogen-bond acceptors (Lipinski definition) is 6. The second kappa shape index (κ2) is 12.9. The lowest BCUT2D eigenvalue weighted by Crippen LogP contribution is -2.61. The molecule has 0 unspecified atom stereocenters. The van der Waals surface area contributed by atoms with Gasteiger partial charge in [-0.2, -0.15) is 0 Å². The van der Waals surface area contributed by atoms with Crippen molar-refractivity contribution in [1.29, 1.82) is 0 Å². The minimum absolute atomic E-state index is 0.0227. The number of piperidine rings is 1. The van der Waals surface area contributed by atoms with Gasteiger partial charge >= 0.3 is 6.03 Å². The Kier molecular flexibility index (Phi) is 9.61. The largest absolute Gasteiger partial charge is 0.497 e. The molecule has 1 fully saturated rings. The number of aliphatic hydroxyl groups excluding tert-OH is 1. The first-order valence-corrected chi connectivity index (χ1v) is 12.1. The van der Waals surface area contributed by atoms with Gasteiger partial charge in [0.15, 0.2) is 0 Å². The van der Waals surface area contributed by atoms with Gasteiger partial charge in [0.25, 0.3) is 5.91 Å². The highest BCUT2D eigenvalue weighted by molar-refractivity contribution is 5.93. The van der Waals surface area contributed by atoms with Crippen LogP contribution >= 0.6 is 0 Å². The number of carbonyl (C=O) groups is 4. The number of amides is 5. The number of ether oxygens (including phenoxy) is 1. The summed E-state index contributed by atoms with van der Waals surface area (Å²) in [5.41, 5.74) is 6.52. The normalized spacial score (nSPS) is 18.6. The van der Waals surface area contributed by atoms with E-state index < -0.39 is 53.8 Å². The third-order valence-electron chi connectivity index (χ3n) is 6.22. The van der Waals surface area contributed by atoms with Gasteiger partial charge in [-0.3, -0.25) is 14.4 Å². The van der Waals surface area contributed by atoms with E-state index >= 15 is 0 Å². The number of halogens is 1. The van der Waals surface area contributed by atoms with E-state index in [2.05, 4.69) is 16.0 Å². The molecule has 3 rings (SSSR count). The van der Waals surface area contributed by atoms with E-state index in [0.29, 0.717) is 12.2 Å². The third kappa shape index (κ3) is 7.65. The fourth-order valence-electron chi connectivity index (χ4n) is 4.26. The predicted octanol–water partition coefficient (Wildman–Crippen LogP) is 0.909. The molecule has 2 aromatic rings. The first-order valence-electron chi connectivity index (χ1n) is 12.1. The van der Waals surface area contributed by atoms with Gasteiger partial charge in [0, 0.05) is 24.7 Å². The van der Waals surface area contributed by atoms with Gasteiger partial charge < -0.3 is 36.4 Å². The summed E-state index contributed by atoms with van der Waals surface area (Å²) in [4.78, 5) is 51.8. The molecule has 12 heteroatoms. The van der Waals surface area contributed by atoms with Gasteiger partial charge in [0.2, 0.25) is 11.8 Å². The zero-order chi connectivity index (χ0) is 27.8. The molecule has 5 amide bonds. The van der Waals surface area contributed by atoms with Crippen LogP contribution in [0, 0.1) is 5.82 Å². The number of aliphatic hydroxyl groups is 1. The van der Waals surface area contributed by atoms with Crippen LogP contribution in [0.2, 0.25) is 0 Å². The Morgan fingerprint density at radius 2 is 1.89 bits per heavy atom. The van der Waals surface area contributed by atoms with Gasteiger partial charge in [-0.05, 0) is 55.7 Å². The summed E-state index contributed by atoms with van der Waals surface area (Å²) < 4.78 is 18.5. The summed E-state index contributed by atoms with van der Waals surface area (Å²) in [6.45, 7) is 1.37. The van der Waals surface area contributed by atoms with Crippen LogP contribution in [0.15, 0.2) is 48.5 Å². The van der Waals surface area contributed by atoms with Crippen molar-refractivity contribution in [2.75, 3.05) is 19.0 Å². The summed E-state index contributed by atoms with van der Waals surface area (Å²) in [7, 11) is 1.53. The van der Waals surface area contributed by atoms with Crippen molar-refractivity contribution in [2.24, 2.45) is 5.73 Å². The number of benzene rings is 2. The monoisotopic (exact) mass is 529 g/mol. The van der Waals surface area contributed by atoms with Crippen molar-refractivity contribution in [1.82, 2.24) is 15.5 Å². The van der Waals surface area contributed by atoms with Crippen LogP contribution in [0.25, 0.3) is 0 Å². The molecule has 2 aromatic carbocycles. The third-order valence-corrected chi connectivity index (χ3v) is 6.22. The Hall–Kier alpha value is -4.19. The van der Waals surface area contributed by atoms with Gasteiger partial charge in [0.05, 0.1) is 7.11 Å². The molecule has 0 saturated carbocycles. The number of methoxy groups -OCH3 is 1. The van der Waals surface area contributed by atoms with Crippen LogP contribution in [0.1, 0.15) is 25.3 Å². The SMILES string of the molecule is COc1ccc(C[C@H](NC(=O)[C@@H]2C[C@@H](NC(=O)Nc3cccc(F)c3)CCN2C(=O)[C@H](C)O)C(N)=O)cc1. The van der Waals surface area contributed by atoms with Crippen molar-refractivity contribution >= 4 is 29.4 Å². The molecule has 1 heterocycles. The molecule has 1 saturated heterocycles. The predicted molar refractivity (Wildman–Crippen MR) is 137 cm³/mol. The topological polar surface area (TPSA) is 163 Å². The summed E-state index contributed by atoms with van der Waals surface area (Å²) in [5.74, 6) is -1.94. The summed E-state index contributed by atoms with van der Waals surface area (Å²) in [6, 6.07) is 9.01. The molecule has 204 valence electrons. The molecule has 1 aliphatic heterocycles. The fraction of sp³-hybridized carbons (Fsp3) is 0.385. The molecule has 0 bridgehead atoms.